The van der Waals surface area contributed by atoms with Gasteiger partial charge in [-0.2, -0.15) is 0 Å². The second-order valence-electron chi connectivity index (χ2n) is 10.0. The molecule has 186 valence electrons. The Hall–Kier alpha value is -3.27. The molecule has 1 saturated heterocycles. The van der Waals surface area contributed by atoms with Crippen LogP contribution in [-0.4, -0.2) is 37.0 Å². The quantitative estimate of drug-likeness (QED) is 0.374. The molecule has 6 rings (SSSR count). The second kappa shape index (κ2) is 7.86. The molecule has 4 aromatic rings. The van der Waals surface area contributed by atoms with E-state index in [1.54, 1.807) is 0 Å². The number of anilines is 2. The van der Waals surface area contributed by atoms with Crippen LogP contribution in [0.4, 0.5) is 16.0 Å². The zero-order valence-electron chi connectivity index (χ0n) is 20.1. The second-order valence-corrected chi connectivity index (χ2v) is 10.5. The fraction of sp³-hybridized carbons (Fsp3) is 0.346. The standard InChI is InChI=1S/C26H26ClFN6O2/c1-25(2)35-21-20(34-7-6-15-22(29)31-12-32-24(15)34)10-14(26(21,3)36-25)5-4-13-8-18(28)16-11-17(27)23(30)33-19(16)9-13/h6-12,20-21H,4-5H2,1-3H3,(H2,30,33)(H2,29,31,32)/t20-,21+,26-/m1/s1. The Labute approximate surface area is 212 Å². The van der Waals surface area contributed by atoms with Gasteiger partial charge >= 0.3 is 0 Å². The summed E-state index contributed by atoms with van der Waals surface area (Å²) in [4.78, 5) is 12.8. The molecule has 0 bridgehead atoms. The number of hydrogen-bond donors (Lipinski definition) is 2. The summed E-state index contributed by atoms with van der Waals surface area (Å²) in [5, 5.41) is 1.37. The van der Waals surface area contributed by atoms with E-state index in [2.05, 4.69) is 32.5 Å². The van der Waals surface area contributed by atoms with Crippen molar-refractivity contribution in [2.45, 2.75) is 57.1 Å². The number of pyridine rings is 1. The maximum Gasteiger partial charge on any atom is 0.164 e. The highest BCUT2D eigenvalue weighted by Crippen LogP contribution is 2.52. The SMILES string of the molecule is CC1(C)O[C@H]2[C@H](n3ccc4c(N)ncnc43)C=C(CCc3cc(F)c4cc(Cl)c(N)nc4c3)[C@@]2(C)O1. The average Bonchev–Trinajstić information content (AvgIpc) is 3.41. The van der Waals surface area contributed by atoms with Gasteiger partial charge < -0.3 is 25.5 Å². The van der Waals surface area contributed by atoms with Gasteiger partial charge in [0.25, 0.3) is 0 Å². The number of nitrogen functional groups attached to an aromatic ring is 2. The summed E-state index contributed by atoms with van der Waals surface area (Å²) >= 11 is 6.03. The maximum atomic E-state index is 14.9. The lowest BCUT2D eigenvalue weighted by Crippen LogP contribution is -2.38. The van der Waals surface area contributed by atoms with Crippen LogP contribution in [0.15, 0.2) is 48.4 Å². The molecule has 1 fully saturated rings. The number of hydrogen-bond acceptors (Lipinski definition) is 7. The van der Waals surface area contributed by atoms with Crippen LogP contribution in [0.3, 0.4) is 0 Å². The predicted molar refractivity (Wildman–Crippen MR) is 137 cm³/mol. The zero-order chi connectivity index (χ0) is 25.4. The Morgan fingerprint density at radius 3 is 2.69 bits per heavy atom. The molecular formula is C26H26ClFN6O2. The summed E-state index contributed by atoms with van der Waals surface area (Å²) in [6, 6.07) is 6.65. The number of ether oxygens (including phenoxy) is 2. The van der Waals surface area contributed by atoms with Gasteiger partial charge in [0.1, 0.15) is 41.1 Å². The first-order valence-corrected chi connectivity index (χ1v) is 12.1. The Morgan fingerprint density at radius 1 is 1.08 bits per heavy atom. The van der Waals surface area contributed by atoms with Gasteiger partial charge in [-0.3, -0.25) is 0 Å². The highest BCUT2D eigenvalue weighted by molar-refractivity contribution is 6.33. The first-order valence-electron chi connectivity index (χ1n) is 11.8. The van der Waals surface area contributed by atoms with Gasteiger partial charge in [0.05, 0.1) is 22.0 Å². The van der Waals surface area contributed by atoms with Crippen molar-refractivity contribution in [2.75, 3.05) is 11.5 Å². The molecule has 4 N–H and O–H groups in total. The largest absolute Gasteiger partial charge is 0.383 e. The third-order valence-corrected chi connectivity index (χ3v) is 7.50. The minimum absolute atomic E-state index is 0.157. The number of aryl methyl sites for hydroxylation is 1. The molecule has 1 aliphatic heterocycles. The number of aromatic nitrogens is 4. The topological polar surface area (TPSA) is 114 Å². The molecule has 3 aromatic heterocycles. The predicted octanol–water partition coefficient (Wildman–Crippen LogP) is 4.96. The molecule has 3 atom stereocenters. The third kappa shape index (κ3) is 3.53. The van der Waals surface area contributed by atoms with E-state index in [1.807, 2.05) is 32.2 Å². The van der Waals surface area contributed by atoms with Crippen LogP contribution in [0.25, 0.3) is 21.9 Å². The van der Waals surface area contributed by atoms with Crippen LogP contribution in [0, 0.1) is 5.82 Å². The Bertz CT molecular complexity index is 1570. The normalized spacial score (nSPS) is 25.0. The molecule has 1 aromatic carbocycles. The first kappa shape index (κ1) is 23.1. The van der Waals surface area contributed by atoms with Crippen LogP contribution < -0.4 is 11.5 Å². The lowest BCUT2D eigenvalue weighted by molar-refractivity contribution is -0.158. The van der Waals surface area contributed by atoms with Crippen molar-refractivity contribution in [3.63, 3.8) is 0 Å². The van der Waals surface area contributed by atoms with Crippen molar-refractivity contribution in [1.29, 1.82) is 0 Å². The van der Waals surface area contributed by atoms with E-state index in [0.29, 0.717) is 29.6 Å². The van der Waals surface area contributed by atoms with E-state index in [4.69, 9.17) is 32.5 Å². The van der Waals surface area contributed by atoms with Gasteiger partial charge in [0.15, 0.2) is 5.79 Å². The highest BCUT2D eigenvalue weighted by Gasteiger charge is 2.58. The number of nitrogens with two attached hydrogens (primary N) is 2. The van der Waals surface area contributed by atoms with E-state index in [9.17, 15) is 4.39 Å². The Kier molecular flexibility index (Phi) is 5.06. The molecule has 36 heavy (non-hydrogen) atoms. The number of halogens is 2. The fourth-order valence-electron chi connectivity index (χ4n) is 5.60. The molecule has 0 unspecified atom stereocenters. The van der Waals surface area contributed by atoms with Crippen LogP contribution in [-0.2, 0) is 15.9 Å². The minimum atomic E-state index is -0.760. The summed E-state index contributed by atoms with van der Waals surface area (Å²) in [5.74, 6) is -0.526. The van der Waals surface area contributed by atoms with Crippen molar-refractivity contribution in [3.8, 4) is 0 Å². The molecule has 0 saturated carbocycles. The number of fused-ring (bicyclic) bond motifs is 3. The molecule has 0 spiro atoms. The van der Waals surface area contributed by atoms with E-state index >= 15 is 0 Å². The van der Waals surface area contributed by atoms with Crippen LogP contribution in [0.1, 0.15) is 38.8 Å². The van der Waals surface area contributed by atoms with Crippen molar-refractivity contribution in [2.24, 2.45) is 0 Å². The van der Waals surface area contributed by atoms with Gasteiger partial charge in [-0.1, -0.05) is 17.7 Å². The molecule has 2 aliphatic rings. The Morgan fingerprint density at radius 2 is 1.89 bits per heavy atom. The number of rotatable bonds is 4. The van der Waals surface area contributed by atoms with E-state index in [0.717, 1.165) is 22.2 Å². The third-order valence-electron chi connectivity index (χ3n) is 7.20. The molecular weight excluding hydrogens is 483 g/mol. The summed E-state index contributed by atoms with van der Waals surface area (Å²) < 4.78 is 29.8. The van der Waals surface area contributed by atoms with Crippen LogP contribution >= 0.6 is 11.6 Å². The van der Waals surface area contributed by atoms with Gasteiger partial charge in [-0.25, -0.2) is 19.3 Å². The summed E-state index contributed by atoms with van der Waals surface area (Å²) in [5.41, 5.74) is 14.4. The Balaban J connectivity index is 1.36. The van der Waals surface area contributed by atoms with Gasteiger partial charge in [-0.15, -0.1) is 0 Å². The first-order chi connectivity index (χ1) is 17.1. The zero-order valence-corrected chi connectivity index (χ0v) is 20.9. The van der Waals surface area contributed by atoms with Crippen LogP contribution in [0.2, 0.25) is 5.02 Å². The molecule has 0 radical (unpaired) electrons. The highest BCUT2D eigenvalue weighted by atomic mass is 35.5. The van der Waals surface area contributed by atoms with Crippen molar-refractivity contribution < 1.29 is 13.9 Å². The van der Waals surface area contributed by atoms with Crippen LogP contribution in [0.5, 0.6) is 0 Å². The number of benzene rings is 1. The van der Waals surface area contributed by atoms with Crippen molar-refractivity contribution in [1.82, 2.24) is 19.5 Å². The molecule has 4 heterocycles. The summed E-state index contributed by atoms with van der Waals surface area (Å²) in [7, 11) is 0. The fourth-order valence-corrected chi connectivity index (χ4v) is 5.75. The summed E-state index contributed by atoms with van der Waals surface area (Å²) in [6.07, 6.45) is 6.55. The van der Waals surface area contributed by atoms with Crippen molar-refractivity contribution >= 4 is 45.2 Å². The average molecular weight is 509 g/mol. The summed E-state index contributed by atoms with van der Waals surface area (Å²) in [6.45, 7) is 5.89. The van der Waals surface area contributed by atoms with E-state index in [-0.39, 0.29) is 28.8 Å². The van der Waals surface area contributed by atoms with Gasteiger partial charge in [-0.05, 0) is 69.0 Å². The maximum absolute atomic E-state index is 14.9. The number of nitrogens with zero attached hydrogens (tertiary/aromatic N) is 4. The lowest BCUT2D eigenvalue weighted by Gasteiger charge is -2.28. The van der Waals surface area contributed by atoms with Gasteiger partial charge in [0, 0.05) is 11.6 Å². The minimum Gasteiger partial charge on any atom is -0.383 e. The lowest BCUT2D eigenvalue weighted by atomic mass is 9.90. The molecule has 0 amide bonds. The van der Waals surface area contributed by atoms with E-state index < -0.39 is 11.4 Å². The van der Waals surface area contributed by atoms with E-state index in [1.165, 1.54) is 18.5 Å². The monoisotopic (exact) mass is 508 g/mol. The smallest absolute Gasteiger partial charge is 0.164 e. The molecule has 1 aliphatic carbocycles. The molecule has 8 nitrogen and oxygen atoms in total. The van der Waals surface area contributed by atoms with Crippen molar-refractivity contribution in [3.05, 3.63) is 64.8 Å². The van der Waals surface area contributed by atoms with Gasteiger partial charge in [0.2, 0.25) is 0 Å². The molecule has 10 heteroatoms.